The van der Waals surface area contributed by atoms with Gasteiger partial charge >= 0.3 is 0 Å². The van der Waals surface area contributed by atoms with Gasteiger partial charge in [0, 0.05) is 29.2 Å². The highest BCUT2D eigenvalue weighted by atomic mass is 35.5. The molecule has 5 rings (SSSR count). The van der Waals surface area contributed by atoms with Crippen LogP contribution in [0.15, 0.2) is 59.6 Å². The molecule has 2 aromatic heterocycles. The van der Waals surface area contributed by atoms with Crippen LogP contribution in [0.5, 0.6) is 5.88 Å². The normalized spacial score (nSPS) is 17.9. The van der Waals surface area contributed by atoms with Crippen LogP contribution in [0.1, 0.15) is 36.9 Å². The fraction of sp³-hybridized carbons (Fsp3) is 0.321. The van der Waals surface area contributed by atoms with Crippen molar-refractivity contribution in [1.29, 1.82) is 0 Å². The van der Waals surface area contributed by atoms with Crippen molar-refractivity contribution >= 4 is 38.3 Å². The van der Waals surface area contributed by atoms with Crippen molar-refractivity contribution in [3.63, 3.8) is 0 Å². The number of nitrogens with one attached hydrogen (secondary N) is 1. The number of aryl methyl sites for hydroxylation is 1. The number of nitrogens with zero attached hydrogens (tertiary/aromatic N) is 3. The Balaban J connectivity index is 1.41. The number of hydrogen-bond donors (Lipinski definition) is 2. The van der Waals surface area contributed by atoms with Crippen LogP contribution in [0.4, 0.5) is 5.95 Å². The van der Waals surface area contributed by atoms with E-state index in [2.05, 4.69) is 15.3 Å². The molecule has 3 N–H and O–H groups in total. The summed E-state index contributed by atoms with van der Waals surface area (Å²) in [5, 5.41) is 4.56. The lowest BCUT2D eigenvalue weighted by atomic mass is 9.92. The fourth-order valence-corrected chi connectivity index (χ4v) is 6.78. The van der Waals surface area contributed by atoms with Gasteiger partial charge in [0.05, 0.1) is 34.0 Å². The molecule has 1 aliphatic rings. The maximum atomic E-state index is 13.0. The van der Waals surface area contributed by atoms with Gasteiger partial charge in [0.25, 0.3) is 0 Å². The quantitative estimate of drug-likeness (QED) is 0.317. The zero-order chi connectivity index (χ0) is 26.9. The fourth-order valence-electron chi connectivity index (χ4n) is 4.94. The van der Waals surface area contributed by atoms with Crippen LogP contribution in [0.25, 0.3) is 22.0 Å². The van der Waals surface area contributed by atoms with Gasteiger partial charge < -0.3 is 15.8 Å². The van der Waals surface area contributed by atoms with E-state index in [0.29, 0.717) is 29.6 Å². The number of halogens is 1. The molecular formula is C28H30ClN5O3S. The van der Waals surface area contributed by atoms with Gasteiger partial charge in [-0.2, -0.15) is 0 Å². The summed E-state index contributed by atoms with van der Waals surface area (Å²) < 4.78 is 31.5. The minimum Gasteiger partial charge on any atom is -0.481 e. The van der Waals surface area contributed by atoms with E-state index in [0.717, 1.165) is 53.3 Å². The molecule has 0 bridgehead atoms. The molecule has 2 heterocycles. The van der Waals surface area contributed by atoms with Gasteiger partial charge in [-0.05, 0) is 74.1 Å². The van der Waals surface area contributed by atoms with E-state index >= 15 is 0 Å². The maximum Gasteiger partial charge on any atom is 0.223 e. The minimum atomic E-state index is -3.68. The molecule has 8 nitrogen and oxygen atoms in total. The molecule has 38 heavy (non-hydrogen) atoms. The number of methoxy groups -OCH3 is 1. The summed E-state index contributed by atoms with van der Waals surface area (Å²) in [7, 11) is -2.16. The Hall–Kier alpha value is -3.27. The van der Waals surface area contributed by atoms with Gasteiger partial charge in [0.2, 0.25) is 11.8 Å². The van der Waals surface area contributed by atoms with E-state index in [1.54, 1.807) is 24.3 Å². The molecule has 1 fully saturated rings. The molecule has 0 atom stereocenters. The van der Waals surface area contributed by atoms with Crippen LogP contribution < -0.4 is 15.8 Å². The molecule has 0 unspecified atom stereocenters. The largest absolute Gasteiger partial charge is 0.481 e. The molecular weight excluding hydrogens is 522 g/mol. The summed E-state index contributed by atoms with van der Waals surface area (Å²) >= 11 is 6.12. The summed E-state index contributed by atoms with van der Waals surface area (Å²) in [5.74, 6) is 0.670. The number of sulfone groups is 1. The SMILES string of the molecule is COc1nc(CS(=O)(=O)c2ccccc2Cl)ccc1-c1ccc2nc(NC3CCC(N)CC3)ncc2c1C. The lowest BCUT2D eigenvalue weighted by Crippen LogP contribution is -2.33. The standard InChI is InChI=1S/C28H30ClN5O3S/c1-17-21(13-14-25-23(17)15-31-28(34-25)33-19-9-7-18(30)8-10-19)22-12-11-20(32-27(22)37-2)16-38(35,36)26-6-4-3-5-24(26)29/h3-6,11-15,18-19H,7-10,16,30H2,1-2H3,(H,31,33,34). The molecule has 0 saturated heterocycles. The lowest BCUT2D eigenvalue weighted by Gasteiger charge is -2.26. The van der Waals surface area contributed by atoms with Crippen molar-refractivity contribution in [2.45, 2.75) is 55.3 Å². The molecule has 10 heteroatoms. The Morgan fingerprint density at radius 3 is 2.50 bits per heavy atom. The summed E-state index contributed by atoms with van der Waals surface area (Å²) in [6.07, 6.45) is 5.89. The van der Waals surface area contributed by atoms with Crippen molar-refractivity contribution in [3.8, 4) is 17.0 Å². The van der Waals surface area contributed by atoms with E-state index in [1.165, 1.54) is 13.2 Å². The van der Waals surface area contributed by atoms with Crippen LogP contribution in [-0.4, -0.2) is 42.6 Å². The summed E-state index contributed by atoms with van der Waals surface area (Å²) in [6.45, 7) is 2.01. The van der Waals surface area contributed by atoms with E-state index in [1.807, 2.05) is 31.3 Å². The first-order valence-corrected chi connectivity index (χ1v) is 14.6. The van der Waals surface area contributed by atoms with Crippen molar-refractivity contribution < 1.29 is 13.2 Å². The Morgan fingerprint density at radius 2 is 1.76 bits per heavy atom. The third kappa shape index (κ3) is 5.45. The number of hydrogen-bond acceptors (Lipinski definition) is 8. The van der Waals surface area contributed by atoms with Crippen molar-refractivity contribution in [3.05, 3.63) is 71.0 Å². The third-order valence-electron chi connectivity index (χ3n) is 7.05. The Labute approximate surface area is 227 Å². The number of pyridine rings is 1. The second kappa shape index (κ2) is 10.8. The first-order chi connectivity index (χ1) is 18.2. The number of ether oxygens (including phenoxy) is 1. The molecule has 1 aliphatic carbocycles. The third-order valence-corrected chi connectivity index (χ3v) is 9.19. The van der Waals surface area contributed by atoms with Gasteiger partial charge in [-0.15, -0.1) is 0 Å². The van der Waals surface area contributed by atoms with Crippen LogP contribution in [0.3, 0.4) is 0 Å². The van der Waals surface area contributed by atoms with E-state index in [9.17, 15) is 8.42 Å². The van der Waals surface area contributed by atoms with Gasteiger partial charge in [-0.3, -0.25) is 0 Å². The topological polar surface area (TPSA) is 120 Å². The van der Waals surface area contributed by atoms with Crippen molar-refractivity contribution in [2.24, 2.45) is 5.73 Å². The molecule has 0 amide bonds. The monoisotopic (exact) mass is 551 g/mol. The molecule has 1 saturated carbocycles. The second-order valence-corrected chi connectivity index (χ2v) is 12.0. The number of fused-ring (bicyclic) bond motifs is 1. The highest BCUT2D eigenvalue weighted by molar-refractivity contribution is 7.90. The summed E-state index contributed by atoms with van der Waals surface area (Å²) in [5.41, 5.74) is 9.88. The lowest BCUT2D eigenvalue weighted by molar-refractivity contribution is 0.398. The first-order valence-electron chi connectivity index (χ1n) is 12.5. The molecule has 2 aromatic carbocycles. The van der Waals surface area contributed by atoms with Crippen LogP contribution in [-0.2, 0) is 15.6 Å². The number of anilines is 1. The Morgan fingerprint density at radius 1 is 1.03 bits per heavy atom. The number of rotatable bonds is 7. The van der Waals surface area contributed by atoms with Crippen molar-refractivity contribution in [2.75, 3.05) is 12.4 Å². The summed E-state index contributed by atoms with van der Waals surface area (Å²) in [6, 6.07) is 14.5. The Kier molecular flexibility index (Phi) is 7.52. The molecule has 0 spiro atoms. The number of aromatic nitrogens is 3. The van der Waals surface area contributed by atoms with E-state index < -0.39 is 9.84 Å². The highest BCUT2D eigenvalue weighted by Gasteiger charge is 2.22. The second-order valence-electron chi connectivity index (χ2n) is 9.67. The van der Waals surface area contributed by atoms with E-state index in [4.69, 9.17) is 27.1 Å². The van der Waals surface area contributed by atoms with Gasteiger partial charge in [0.1, 0.15) is 0 Å². The zero-order valence-corrected chi connectivity index (χ0v) is 22.9. The molecule has 4 aromatic rings. The Bertz CT molecular complexity index is 1590. The average molecular weight is 552 g/mol. The average Bonchev–Trinajstić information content (AvgIpc) is 2.90. The highest BCUT2D eigenvalue weighted by Crippen LogP contribution is 2.35. The van der Waals surface area contributed by atoms with Crippen molar-refractivity contribution in [1.82, 2.24) is 15.0 Å². The predicted octanol–water partition coefficient (Wildman–Crippen LogP) is 5.32. The summed E-state index contributed by atoms with van der Waals surface area (Å²) in [4.78, 5) is 13.9. The molecule has 0 aliphatic heterocycles. The van der Waals surface area contributed by atoms with E-state index in [-0.39, 0.29) is 15.7 Å². The van der Waals surface area contributed by atoms with Crippen LogP contribution >= 0.6 is 11.6 Å². The molecule has 198 valence electrons. The smallest absolute Gasteiger partial charge is 0.223 e. The predicted molar refractivity (Wildman–Crippen MR) is 150 cm³/mol. The minimum absolute atomic E-state index is 0.0813. The van der Waals surface area contributed by atoms with Crippen LogP contribution in [0.2, 0.25) is 5.02 Å². The maximum absolute atomic E-state index is 13.0. The number of nitrogens with two attached hydrogens (primary N) is 1. The van der Waals surface area contributed by atoms with Gasteiger partial charge in [-0.1, -0.05) is 29.8 Å². The van der Waals surface area contributed by atoms with Crippen LogP contribution in [0, 0.1) is 6.92 Å². The molecule has 0 radical (unpaired) electrons. The first kappa shape index (κ1) is 26.3. The van der Waals surface area contributed by atoms with Gasteiger partial charge in [-0.25, -0.2) is 23.4 Å². The number of benzene rings is 2. The zero-order valence-electron chi connectivity index (χ0n) is 21.3. The van der Waals surface area contributed by atoms with Gasteiger partial charge in [0.15, 0.2) is 9.84 Å².